The molecule has 3 aromatic heterocycles. The van der Waals surface area contributed by atoms with E-state index in [2.05, 4.69) is 32.2 Å². The van der Waals surface area contributed by atoms with Crippen LogP contribution in [0.4, 0.5) is 5.82 Å². The summed E-state index contributed by atoms with van der Waals surface area (Å²) in [5.41, 5.74) is 3.98. The van der Waals surface area contributed by atoms with Crippen molar-refractivity contribution in [3.05, 3.63) is 36.8 Å². The molecule has 0 aromatic carbocycles. The fraction of sp³-hybridized carbons (Fsp3) is 0.267. The molecule has 0 radical (unpaired) electrons. The van der Waals surface area contributed by atoms with E-state index in [4.69, 9.17) is 4.98 Å². The van der Waals surface area contributed by atoms with Gasteiger partial charge in [-0.05, 0) is 31.0 Å². The van der Waals surface area contributed by atoms with Gasteiger partial charge in [0.15, 0.2) is 0 Å². The maximum absolute atomic E-state index is 4.83. The van der Waals surface area contributed by atoms with Crippen LogP contribution in [-0.4, -0.2) is 33.3 Å². The molecule has 0 saturated carbocycles. The fourth-order valence-corrected chi connectivity index (χ4v) is 2.77. The summed E-state index contributed by atoms with van der Waals surface area (Å²) in [6.07, 6.45) is 8.03. The van der Waals surface area contributed by atoms with Crippen LogP contribution in [-0.2, 0) is 0 Å². The number of nitrogens with zero attached hydrogens (tertiary/aromatic N) is 4. The molecule has 0 amide bonds. The monoisotopic (exact) mass is 265 g/mol. The molecule has 5 heteroatoms. The Balaban J connectivity index is 1.89. The van der Waals surface area contributed by atoms with Crippen molar-refractivity contribution in [3.8, 4) is 11.1 Å². The lowest BCUT2D eigenvalue weighted by molar-refractivity contribution is 0.943. The molecule has 1 aliphatic rings. The van der Waals surface area contributed by atoms with Crippen molar-refractivity contribution >= 4 is 16.9 Å². The number of hydrogen-bond acceptors (Lipinski definition) is 4. The van der Waals surface area contributed by atoms with Crippen LogP contribution in [0.2, 0.25) is 0 Å². The van der Waals surface area contributed by atoms with Gasteiger partial charge in [0.05, 0.1) is 17.2 Å². The van der Waals surface area contributed by atoms with Crippen LogP contribution < -0.4 is 4.90 Å². The summed E-state index contributed by atoms with van der Waals surface area (Å²) in [5.74, 6) is 1.05. The highest BCUT2D eigenvalue weighted by Crippen LogP contribution is 2.28. The number of aromatic amines is 1. The number of rotatable bonds is 2. The summed E-state index contributed by atoms with van der Waals surface area (Å²) < 4.78 is 0. The lowest BCUT2D eigenvalue weighted by Gasteiger charge is -2.17. The SMILES string of the molecule is c1cc(-c2cn[nH]c2)c2nc(N3CCCC3)ccc2n1. The van der Waals surface area contributed by atoms with Crippen molar-refractivity contribution in [2.24, 2.45) is 0 Å². The van der Waals surface area contributed by atoms with Crippen molar-refractivity contribution in [3.63, 3.8) is 0 Å². The molecule has 0 bridgehead atoms. The molecular formula is C15H15N5. The first-order valence-corrected chi connectivity index (χ1v) is 6.92. The van der Waals surface area contributed by atoms with Gasteiger partial charge < -0.3 is 4.90 Å². The van der Waals surface area contributed by atoms with E-state index in [9.17, 15) is 0 Å². The van der Waals surface area contributed by atoms with E-state index in [1.807, 2.05) is 24.7 Å². The van der Waals surface area contributed by atoms with Gasteiger partial charge in [0, 0.05) is 36.6 Å². The normalized spacial score (nSPS) is 15.1. The molecule has 100 valence electrons. The Labute approximate surface area is 116 Å². The Kier molecular flexibility index (Phi) is 2.62. The van der Waals surface area contributed by atoms with Crippen molar-refractivity contribution in [1.29, 1.82) is 0 Å². The largest absolute Gasteiger partial charge is 0.357 e. The maximum atomic E-state index is 4.83. The zero-order chi connectivity index (χ0) is 13.4. The standard InChI is InChI=1S/C15H15N5/c1-2-8-20(7-1)14-4-3-13-15(19-14)12(5-6-16-13)11-9-17-18-10-11/h3-6,9-10H,1-2,7-8H2,(H,17,18). The van der Waals surface area contributed by atoms with Gasteiger partial charge in [-0.1, -0.05) is 0 Å². The Morgan fingerprint density at radius 1 is 1.10 bits per heavy atom. The first-order valence-electron chi connectivity index (χ1n) is 6.92. The molecule has 1 N–H and O–H groups in total. The van der Waals surface area contributed by atoms with E-state index in [1.54, 1.807) is 0 Å². The predicted octanol–water partition coefficient (Wildman–Crippen LogP) is 2.62. The molecule has 0 spiro atoms. The summed E-state index contributed by atoms with van der Waals surface area (Å²) in [5, 5.41) is 6.88. The average molecular weight is 265 g/mol. The van der Waals surface area contributed by atoms with Gasteiger partial charge in [-0.3, -0.25) is 10.1 Å². The molecule has 4 rings (SSSR count). The number of H-pyrrole nitrogens is 1. The minimum atomic E-state index is 0.923. The molecule has 4 heterocycles. The van der Waals surface area contributed by atoms with Crippen LogP contribution in [0.1, 0.15) is 12.8 Å². The van der Waals surface area contributed by atoms with E-state index in [0.29, 0.717) is 0 Å². The highest BCUT2D eigenvalue weighted by Gasteiger charge is 2.15. The zero-order valence-electron chi connectivity index (χ0n) is 11.1. The van der Waals surface area contributed by atoms with Crippen molar-refractivity contribution in [2.45, 2.75) is 12.8 Å². The van der Waals surface area contributed by atoms with Gasteiger partial charge in [-0.2, -0.15) is 5.10 Å². The highest BCUT2D eigenvalue weighted by atomic mass is 15.2. The molecule has 0 aliphatic carbocycles. The lowest BCUT2D eigenvalue weighted by atomic mass is 10.1. The number of nitrogens with one attached hydrogen (secondary N) is 1. The first-order chi connectivity index (χ1) is 9.92. The lowest BCUT2D eigenvalue weighted by Crippen LogP contribution is -2.18. The summed E-state index contributed by atoms with van der Waals surface area (Å²) >= 11 is 0. The molecule has 1 aliphatic heterocycles. The van der Waals surface area contributed by atoms with Crippen LogP contribution in [0, 0.1) is 0 Å². The van der Waals surface area contributed by atoms with Gasteiger partial charge in [-0.25, -0.2) is 4.98 Å². The number of hydrogen-bond donors (Lipinski definition) is 1. The Morgan fingerprint density at radius 2 is 2.00 bits per heavy atom. The maximum Gasteiger partial charge on any atom is 0.129 e. The summed E-state index contributed by atoms with van der Waals surface area (Å²) in [6, 6.07) is 6.12. The molecule has 3 aromatic rings. The topological polar surface area (TPSA) is 57.7 Å². The van der Waals surface area contributed by atoms with Gasteiger partial charge in [0.25, 0.3) is 0 Å². The third kappa shape index (κ3) is 1.82. The molecule has 0 unspecified atom stereocenters. The zero-order valence-corrected chi connectivity index (χ0v) is 11.1. The molecule has 1 saturated heterocycles. The molecule has 5 nitrogen and oxygen atoms in total. The minimum absolute atomic E-state index is 0.923. The number of pyridine rings is 2. The Bertz CT molecular complexity index is 729. The summed E-state index contributed by atoms with van der Waals surface area (Å²) in [7, 11) is 0. The minimum Gasteiger partial charge on any atom is -0.357 e. The van der Waals surface area contributed by atoms with Crippen LogP contribution in [0.3, 0.4) is 0 Å². The number of fused-ring (bicyclic) bond motifs is 1. The second kappa shape index (κ2) is 4.59. The van der Waals surface area contributed by atoms with Crippen LogP contribution in [0.15, 0.2) is 36.8 Å². The fourth-order valence-electron chi connectivity index (χ4n) is 2.77. The van der Waals surface area contributed by atoms with Gasteiger partial charge in [0.1, 0.15) is 5.82 Å². The second-order valence-electron chi connectivity index (χ2n) is 5.08. The average Bonchev–Trinajstić information content (AvgIpc) is 3.19. The number of anilines is 1. The Hall–Kier alpha value is -2.43. The van der Waals surface area contributed by atoms with E-state index < -0.39 is 0 Å². The molecule has 1 fully saturated rings. The first kappa shape index (κ1) is 11.4. The number of aromatic nitrogens is 4. The summed E-state index contributed by atoms with van der Waals surface area (Å²) in [6.45, 7) is 2.19. The third-order valence-corrected chi connectivity index (χ3v) is 3.81. The molecule has 0 atom stereocenters. The summed E-state index contributed by atoms with van der Waals surface area (Å²) in [4.78, 5) is 11.6. The van der Waals surface area contributed by atoms with Gasteiger partial charge >= 0.3 is 0 Å². The van der Waals surface area contributed by atoms with E-state index in [0.717, 1.165) is 41.1 Å². The van der Waals surface area contributed by atoms with E-state index >= 15 is 0 Å². The second-order valence-corrected chi connectivity index (χ2v) is 5.08. The van der Waals surface area contributed by atoms with Gasteiger partial charge in [0.2, 0.25) is 0 Å². The highest BCUT2D eigenvalue weighted by molar-refractivity contribution is 5.91. The van der Waals surface area contributed by atoms with Crippen molar-refractivity contribution in [2.75, 3.05) is 18.0 Å². The third-order valence-electron chi connectivity index (χ3n) is 3.81. The Morgan fingerprint density at radius 3 is 2.80 bits per heavy atom. The van der Waals surface area contributed by atoms with E-state index in [-0.39, 0.29) is 0 Å². The van der Waals surface area contributed by atoms with Gasteiger partial charge in [-0.15, -0.1) is 0 Å². The van der Waals surface area contributed by atoms with Crippen LogP contribution in [0.25, 0.3) is 22.2 Å². The van der Waals surface area contributed by atoms with Crippen molar-refractivity contribution in [1.82, 2.24) is 20.2 Å². The molecule has 20 heavy (non-hydrogen) atoms. The quantitative estimate of drug-likeness (QED) is 0.774. The van der Waals surface area contributed by atoms with Crippen LogP contribution >= 0.6 is 0 Å². The van der Waals surface area contributed by atoms with E-state index in [1.165, 1.54) is 12.8 Å². The molecular weight excluding hydrogens is 250 g/mol. The van der Waals surface area contributed by atoms with Crippen LogP contribution in [0.5, 0.6) is 0 Å². The van der Waals surface area contributed by atoms with Crippen molar-refractivity contribution < 1.29 is 0 Å². The predicted molar refractivity (Wildman–Crippen MR) is 78.6 cm³/mol. The smallest absolute Gasteiger partial charge is 0.129 e.